The van der Waals surface area contributed by atoms with Gasteiger partial charge in [0.2, 0.25) is 0 Å². The Labute approximate surface area is 181 Å². The normalized spacial score (nSPS) is 14.9. The van der Waals surface area contributed by atoms with Gasteiger partial charge in [-0.15, -0.1) is 0 Å². The average Bonchev–Trinajstić information content (AvgIpc) is 3.08. The van der Waals surface area contributed by atoms with E-state index in [9.17, 15) is 4.79 Å². The van der Waals surface area contributed by atoms with Crippen molar-refractivity contribution in [2.24, 2.45) is 0 Å². The van der Waals surface area contributed by atoms with Gasteiger partial charge in [-0.2, -0.15) is 0 Å². The summed E-state index contributed by atoms with van der Waals surface area (Å²) in [6.45, 7) is 2.11. The van der Waals surface area contributed by atoms with Crippen molar-refractivity contribution in [3.63, 3.8) is 0 Å². The van der Waals surface area contributed by atoms with Gasteiger partial charge in [-0.1, -0.05) is 37.6 Å². The van der Waals surface area contributed by atoms with Gasteiger partial charge in [0.05, 0.1) is 11.0 Å². The van der Waals surface area contributed by atoms with E-state index in [0.717, 1.165) is 48.8 Å². The van der Waals surface area contributed by atoms with E-state index in [0.29, 0.717) is 22.5 Å². The minimum atomic E-state index is -0.413. The second-order valence-electron chi connectivity index (χ2n) is 8.17. The molecule has 0 unspecified atom stereocenters. The molecule has 1 aliphatic rings. The first kappa shape index (κ1) is 19.5. The number of esters is 1. The first-order chi connectivity index (χ1) is 15.2. The zero-order valence-electron chi connectivity index (χ0n) is 17.7. The number of carbonyl (C=O) groups excluding carboxylic acids is 1. The average molecular weight is 415 g/mol. The van der Waals surface area contributed by atoms with Crippen molar-refractivity contribution in [2.45, 2.75) is 51.6 Å². The third-order valence-corrected chi connectivity index (χ3v) is 6.10. The van der Waals surface area contributed by atoms with Crippen LogP contribution >= 0.6 is 0 Å². The lowest BCUT2D eigenvalue weighted by Crippen LogP contribution is -2.21. The molecule has 2 N–H and O–H groups in total. The largest absolute Gasteiger partial charge is 0.459 e. The number of nitrogen functional groups attached to an aromatic ring is 1. The monoisotopic (exact) mass is 414 g/mol. The molecule has 0 saturated heterocycles. The molecule has 6 heteroatoms. The van der Waals surface area contributed by atoms with E-state index in [-0.39, 0.29) is 6.10 Å². The molecule has 2 aromatic heterocycles. The van der Waals surface area contributed by atoms with E-state index in [1.54, 1.807) is 0 Å². The van der Waals surface area contributed by atoms with Crippen molar-refractivity contribution in [1.29, 1.82) is 0 Å². The third-order valence-electron chi connectivity index (χ3n) is 6.10. The predicted octanol–water partition coefficient (Wildman–Crippen LogP) is 5.21. The van der Waals surface area contributed by atoms with Crippen LogP contribution in [-0.2, 0) is 11.2 Å². The van der Waals surface area contributed by atoms with Crippen molar-refractivity contribution in [2.75, 3.05) is 5.73 Å². The molecule has 1 aliphatic carbocycles. The summed E-state index contributed by atoms with van der Waals surface area (Å²) in [6.07, 6.45) is 6.01. The third kappa shape index (κ3) is 3.52. The highest BCUT2D eigenvalue weighted by Gasteiger charge is 2.28. The van der Waals surface area contributed by atoms with E-state index in [2.05, 4.69) is 19.1 Å². The summed E-state index contributed by atoms with van der Waals surface area (Å²) < 4.78 is 7.70. The maximum absolute atomic E-state index is 13.3. The van der Waals surface area contributed by atoms with Gasteiger partial charge in [0.1, 0.15) is 23.0 Å². The zero-order valence-corrected chi connectivity index (χ0v) is 17.7. The molecule has 6 nitrogen and oxygen atoms in total. The summed E-state index contributed by atoms with van der Waals surface area (Å²) in [5.74, 6) is -0.0938. The Balaban J connectivity index is 1.71. The predicted molar refractivity (Wildman–Crippen MR) is 122 cm³/mol. The lowest BCUT2D eigenvalue weighted by atomic mass is 9.98. The Morgan fingerprint density at radius 2 is 1.81 bits per heavy atom. The lowest BCUT2D eigenvalue weighted by molar-refractivity contribution is 0.0214. The fourth-order valence-electron chi connectivity index (χ4n) is 4.43. The number of nitrogens with zero attached hydrogens (tertiary/aromatic N) is 3. The molecule has 2 heterocycles. The van der Waals surface area contributed by atoms with Crippen LogP contribution < -0.4 is 5.73 Å². The van der Waals surface area contributed by atoms with Gasteiger partial charge in [0.15, 0.2) is 5.65 Å². The molecule has 158 valence electrons. The number of anilines is 1. The van der Waals surface area contributed by atoms with E-state index in [1.807, 2.05) is 41.0 Å². The van der Waals surface area contributed by atoms with E-state index < -0.39 is 5.97 Å². The number of hydrogen-bond donors (Lipinski definition) is 1. The standard InChI is InChI=1S/C25H26N4O2/c1-2-16-9-8-10-17(15-16)29-23(26)21(25(30)31-18-11-4-3-5-12-18)22-24(29)28-20-14-7-6-13-19(20)27-22/h6-10,13-15,18H,2-5,11-12,26H2,1H3. The number of aryl methyl sites for hydroxylation is 1. The molecule has 1 saturated carbocycles. The first-order valence-electron chi connectivity index (χ1n) is 11.0. The van der Waals surface area contributed by atoms with Crippen LogP contribution in [0.1, 0.15) is 54.9 Å². The number of hydrogen-bond acceptors (Lipinski definition) is 5. The van der Waals surface area contributed by atoms with Gasteiger partial charge in [-0.3, -0.25) is 4.57 Å². The Hall–Kier alpha value is -3.41. The summed E-state index contributed by atoms with van der Waals surface area (Å²) in [5.41, 5.74) is 11.5. The summed E-state index contributed by atoms with van der Waals surface area (Å²) >= 11 is 0. The van der Waals surface area contributed by atoms with E-state index in [4.69, 9.17) is 20.4 Å². The highest BCUT2D eigenvalue weighted by Crippen LogP contribution is 2.33. The van der Waals surface area contributed by atoms with Crippen molar-refractivity contribution in [1.82, 2.24) is 14.5 Å². The van der Waals surface area contributed by atoms with Crippen LogP contribution in [0.2, 0.25) is 0 Å². The molecule has 0 spiro atoms. The SMILES string of the molecule is CCc1cccc(-n2c(N)c(C(=O)OC3CCCCC3)c3nc4ccccc4nc32)c1. The van der Waals surface area contributed by atoms with Crippen molar-refractivity contribution >= 4 is 34.0 Å². The number of rotatable bonds is 4. The first-order valence-corrected chi connectivity index (χ1v) is 11.0. The maximum Gasteiger partial charge on any atom is 0.344 e. The number of fused-ring (bicyclic) bond motifs is 2. The summed E-state index contributed by atoms with van der Waals surface area (Å²) in [4.78, 5) is 22.9. The second-order valence-corrected chi connectivity index (χ2v) is 8.17. The molecular weight excluding hydrogens is 388 g/mol. The second kappa shape index (κ2) is 8.02. The summed E-state index contributed by atoms with van der Waals surface area (Å²) in [5, 5.41) is 0. The van der Waals surface area contributed by atoms with E-state index >= 15 is 0 Å². The minimum Gasteiger partial charge on any atom is -0.459 e. The Kier molecular flexibility index (Phi) is 5.06. The van der Waals surface area contributed by atoms with Crippen LogP contribution in [0, 0.1) is 0 Å². The van der Waals surface area contributed by atoms with Crippen LogP contribution in [0.15, 0.2) is 48.5 Å². The smallest absolute Gasteiger partial charge is 0.344 e. The van der Waals surface area contributed by atoms with Crippen LogP contribution in [0.5, 0.6) is 0 Å². The fraction of sp³-hybridized carbons (Fsp3) is 0.320. The quantitative estimate of drug-likeness (QED) is 0.464. The number of nitrogens with two attached hydrogens (primary N) is 1. The molecule has 0 atom stereocenters. The Morgan fingerprint density at radius 1 is 1.06 bits per heavy atom. The number of para-hydroxylation sites is 2. The molecule has 0 aliphatic heterocycles. The van der Waals surface area contributed by atoms with E-state index in [1.165, 1.54) is 12.0 Å². The highest BCUT2D eigenvalue weighted by molar-refractivity contribution is 6.09. The molecule has 5 rings (SSSR count). The van der Waals surface area contributed by atoms with Crippen LogP contribution in [-0.4, -0.2) is 26.6 Å². The molecule has 0 radical (unpaired) electrons. The zero-order chi connectivity index (χ0) is 21.4. The van der Waals surface area contributed by atoms with Gasteiger partial charge < -0.3 is 10.5 Å². The van der Waals surface area contributed by atoms with Crippen molar-refractivity contribution < 1.29 is 9.53 Å². The topological polar surface area (TPSA) is 83.0 Å². The minimum absolute atomic E-state index is 0.0594. The summed E-state index contributed by atoms with van der Waals surface area (Å²) in [6, 6.07) is 15.8. The van der Waals surface area contributed by atoms with Crippen LogP contribution in [0.3, 0.4) is 0 Å². The number of benzene rings is 2. The fourth-order valence-corrected chi connectivity index (χ4v) is 4.43. The number of aromatic nitrogens is 3. The van der Waals surface area contributed by atoms with Crippen molar-refractivity contribution in [3.8, 4) is 5.69 Å². The number of carbonyl (C=O) groups is 1. The molecule has 0 bridgehead atoms. The van der Waals surface area contributed by atoms with Gasteiger partial charge in [-0.25, -0.2) is 14.8 Å². The van der Waals surface area contributed by atoms with Gasteiger partial charge in [-0.05, 0) is 61.9 Å². The van der Waals surface area contributed by atoms with Gasteiger partial charge in [0.25, 0.3) is 0 Å². The molecule has 1 fully saturated rings. The Bertz CT molecular complexity index is 1270. The highest BCUT2D eigenvalue weighted by atomic mass is 16.5. The van der Waals surface area contributed by atoms with Gasteiger partial charge >= 0.3 is 5.97 Å². The number of ether oxygens (including phenoxy) is 1. The maximum atomic E-state index is 13.3. The van der Waals surface area contributed by atoms with Crippen LogP contribution in [0.4, 0.5) is 5.82 Å². The van der Waals surface area contributed by atoms with Crippen molar-refractivity contribution in [3.05, 3.63) is 59.7 Å². The van der Waals surface area contributed by atoms with Gasteiger partial charge in [0, 0.05) is 5.69 Å². The van der Waals surface area contributed by atoms with Crippen LogP contribution in [0.25, 0.3) is 27.9 Å². The Morgan fingerprint density at radius 3 is 2.55 bits per heavy atom. The molecule has 31 heavy (non-hydrogen) atoms. The lowest BCUT2D eigenvalue weighted by Gasteiger charge is -2.21. The summed E-state index contributed by atoms with van der Waals surface area (Å²) in [7, 11) is 0. The molecule has 4 aromatic rings. The molecule has 2 aromatic carbocycles. The molecule has 0 amide bonds. The molecular formula is C25H26N4O2.